The molecule has 1 heterocycles. The van der Waals surface area contributed by atoms with E-state index in [9.17, 15) is 0 Å². The number of hydrogen-bond donors (Lipinski definition) is 0. The predicted octanol–water partition coefficient (Wildman–Crippen LogP) is 12.6. The molecule has 0 saturated carbocycles. The summed E-state index contributed by atoms with van der Waals surface area (Å²) in [6.45, 7) is 0. The van der Waals surface area contributed by atoms with Crippen LogP contribution in [0.3, 0.4) is 0 Å². The van der Waals surface area contributed by atoms with Crippen molar-refractivity contribution in [3.05, 3.63) is 198 Å². The molecule has 0 aliphatic heterocycles. The molecule has 228 valence electrons. The molecule has 0 bridgehead atoms. The number of anilines is 3. The van der Waals surface area contributed by atoms with Gasteiger partial charge in [0.05, 0.1) is 16.5 Å². The summed E-state index contributed by atoms with van der Waals surface area (Å²) in [4.78, 5) is 2.40. The molecule has 49 heavy (non-hydrogen) atoms. The molecule has 2 aliphatic rings. The Morgan fingerprint density at radius 1 is 0.388 bits per heavy atom. The fourth-order valence-corrected chi connectivity index (χ4v) is 8.91. The average molecular weight is 624 g/mol. The first-order valence-electron chi connectivity index (χ1n) is 16.9. The Morgan fingerprint density at radius 3 is 1.65 bits per heavy atom. The summed E-state index contributed by atoms with van der Waals surface area (Å²) < 4.78 is 6.55. The number of para-hydroxylation sites is 1. The normalized spacial score (nSPS) is 13.5. The summed E-state index contributed by atoms with van der Waals surface area (Å²) >= 11 is 0. The van der Waals surface area contributed by atoms with Crippen LogP contribution in [0.5, 0.6) is 0 Å². The van der Waals surface area contributed by atoms with Crippen LogP contribution in [0.1, 0.15) is 22.3 Å². The summed E-state index contributed by atoms with van der Waals surface area (Å²) in [7, 11) is 0. The number of fused-ring (bicyclic) bond motifs is 14. The highest BCUT2D eigenvalue weighted by atomic mass is 16.3. The Labute approximate surface area is 284 Å². The van der Waals surface area contributed by atoms with Crippen LogP contribution in [0.2, 0.25) is 0 Å². The zero-order chi connectivity index (χ0) is 32.1. The Morgan fingerprint density at radius 2 is 0.959 bits per heavy atom. The summed E-state index contributed by atoms with van der Waals surface area (Å²) in [5.41, 5.74) is 15.3. The van der Waals surface area contributed by atoms with Gasteiger partial charge in [-0.25, -0.2) is 0 Å². The molecule has 2 aliphatic carbocycles. The first kappa shape index (κ1) is 26.7. The van der Waals surface area contributed by atoms with E-state index in [0.29, 0.717) is 0 Å². The van der Waals surface area contributed by atoms with E-state index in [1.165, 1.54) is 55.3 Å². The van der Waals surface area contributed by atoms with Gasteiger partial charge in [0.1, 0.15) is 11.2 Å². The Hall–Kier alpha value is -6.38. The van der Waals surface area contributed by atoms with Crippen molar-refractivity contribution in [3.63, 3.8) is 0 Å². The molecule has 1 spiro atoms. The fourth-order valence-electron chi connectivity index (χ4n) is 8.91. The molecule has 9 aromatic rings. The topological polar surface area (TPSA) is 16.4 Å². The van der Waals surface area contributed by atoms with Crippen LogP contribution in [0, 0.1) is 0 Å². The van der Waals surface area contributed by atoms with Crippen molar-refractivity contribution >= 4 is 49.8 Å². The van der Waals surface area contributed by atoms with E-state index < -0.39 is 0 Å². The third kappa shape index (κ3) is 3.50. The number of rotatable bonds is 3. The van der Waals surface area contributed by atoms with Gasteiger partial charge in [-0.1, -0.05) is 127 Å². The van der Waals surface area contributed by atoms with E-state index in [1.807, 2.05) is 0 Å². The zero-order valence-corrected chi connectivity index (χ0v) is 26.6. The molecule has 1 aromatic heterocycles. The molecule has 2 nitrogen and oxygen atoms in total. The van der Waals surface area contributed by atoms with Crippen molar-refractivity contribution in [2.24, 2.45) is 0 Å². The van der Waals surface area contributed by atoms with E-state index in [-0.39, 0.29) is 5.41 Å². The lowest BCUT2D eigenvalue weighted by Gasteiger charge is -2.31. The standard InChI is InChI=1S/C47H29NO/c1-2-15-32(16-3-1)48(43-23-12-24-44-46(43)38-27-30-13-4-5-14-31(30)28-45(38)49-44)33-25-26-42-37(29-33)36-19-8-11-22-41(36)47(42)39-20-9-6-17-34(39)35-18-7-10-21-40(35)47/h1-29H. The van der Waals surface area contributed by atoms with Gasteiger partial charge in [-0.05, 0) is 104 Å². The number of hydrogen-bond acceptors (Lipinski definition) is 2. The zero-order valence-electron chi connectivity index (χ0n) is 26.6. The number of nitrogens with zero attached hydrogens (tertiary/aromatic N) is 1. The van der Waals surface area contributed by atoms with Crippen molar-refractivity contribution in [3.8, 4) is 22.3 Å². The monoisotopic (exact) mass is 623 g/mol. The van der Waals surface area contributed by atoms with E-state index >= 15 is 0 Å². The van der Waals surface area contributed by atoms with Crippen LogP contribution < -0.4 is 4.90 Å². The molecule has 0 radical (unpaired) electrons. The minimum Gasteiger partial charge on any atom is -0.456 e. The summed E-state index contributed by atoms with van der Waals surface area (Å²) in [5, 5.41) is 4.62. The molecule has 0 amide bonds. The van der Waals surface area contributed by atoms with Gasteiger partial charge in [-0.2, -0.15) is 0 Å². The van der Waals surface area contributed by atoms with Gasteiger partial charge in [0.2, 0.25) is 0 Å². The lowest BCUT2D eigenvalue weighted by Crippen LogP contribution is -2.25. The summed E-state index contributed by atoms with van der Waals surface area (Å²) in [6.07, 6.45) is 0. The summed E-state index contributed by atoms with van der Waals surface area (Å²) in [6, 6.07) is 64.2. The van der Waals surface area contributed by atoms with Crippen molar-refractivity contribution in [1.82, 2.24) is 0 Å². The third-order valence-corrected chi connectivity index (χ3v) is 10.8. The average Bonchev–Trinajstić information content (AvgIpc) is 3.78. The Bertz CT molecular complexity index is 2740. The highest BCUT2D eigenvalue weighted by molar-refractivity contribution is 6.16. The Balaban J connectivity index is 1.19. The van der Waals surface area contributed by atoms with Crippen LogP contribution in [0.4, 0.5) is 17.1 Å². The Kier molecular flexibility index (Phi) is 5.34. The first-order chi connectivity index (χ1) is 24.3. The quantitative estimate of drug-likeness (QED) is 0.195. The largest absolute Gasteiger partial charge is 0.456 e. The second-order valence-corrected chi connectivity index (χ2v) is 13.2. The van der Waals surface area contributed by atoms with Gasteiger partial charge in [0, 0.05) is 16.8 Å². The molecule has 0 saturated heterocycles. The van der Waals surface area contributed by atoms with Crippen molar-refractivity contribution in [1.29, 1.82) is 0 Å². The maximum atomic E-state index is 6.55. The van der Waals surface area contributed by atoms with E-state index in [2.05, 4.69) is 181 Å². The molecule has 8 aromatic carbocycles. The van der Waals surface area contributed by atoms with Crippen LogP contribution >= 0.6 is 0 Å². The maximum Gasteiger partial charge on any atom is 0.137 e. The third-order valence-electron chi connectivity index (χ3n) is 10.8. The van der Waals surface area contributed by atoms with E-state index in [4.69, 9.17) is 4.42 Å². The molecule has 2 heteroatoms. The predicted molar refractivity (Wildman–Crippen MR) is 202 cm³/mol. The minimum atomic E-state index is -0.364. The maximum absolute atomic E-state index is 6.55. The minimum absolute atomic E-state index is 0.364. The second-order valence-electron chi connectivity index (χ2n) is 13.2. The van der Waals surface area contributed by atoms with Gasteiger partial charge < -0.3 is 9.32 Å². The number of furan rings is 1. The lowest BCUT2D eigenvalue weighted by molar-refractivity contribution is 0.669. The molecular formula is C47H29NO. The van der Waals surface area contributed by atoms with Crippen LogP contribution in [0.15, 0.2) is 180 Å². The van der Waals surface area contributed by atoms with Crippen LogP contribution in [0.25, 0.3) is 55.0 Å². The molecule has 11 rings (SSSR count). The second kappa shape index (κ2) is 9.82. The highest BCUT2D eigenvalue weighted by Gasteiger charge is 2.51. The lowest BCUT2D eigenvalue weighted by atomic mass is 9.70. The molecule has 0 N–H and O–H groups in total. The van der Waals surface area contributed by atoms with Crippen LogP contribution in [-0.2, 0) is 5.41 Å². The van der Waals surface area contributed by atoms with Crippen LogP contribution in [-0.4, -0.2) is 0 Å². The molecule has 0 fully saturated rings. The van der Waals surface area contributed by atoms with Gasteiger partial charge in [-0.3, -0.25) is 0 Å². The first-order valence-corrected chi connectivity index (χ1v) is 16.9. The van der Waals surface area contributed by atoms with Crippen molar-refractivity contribution in [2.75, 3.05) is 4.90 Å². The van der Waals surface area contributed by atoms with Gasteiger partial charge in [0.25, 0.3) is 0 Å². The van der Waals surface area contributed by atoms with E-state index in [1.54, 1.807) is 0 Å². The summed E-state index contributed by atoms with van der Waals surface area (Å²) in [5.74, 6) is 0. The number of benzene rings is 8. The van der Waals surface area contributed by atoms with E-state index in [0.717, 1.165) is 39.0 Å². The molecule has 0 unspecified atom stereocenters. The fraction of sp³-hybridized carbons (Fsp3) is 0.0213. The van der Waals surface area contributed by atoms with Gasteiger partial charge in [0.15, 0.2) is 0 Å². The van der Waals surface area contributed by atoms with Gasteiger partial charge in [-0.15, -0.1) is 0 Å². The smallest absolute Gasteiger partial charge is 0.137 e. The molecular weight excluding hydrogens is 595 g/mol. The SMILES string of the molecule is c1ccc(N(c2ccc3c(c2)-c2ccccc2C32c3ccccc3-c3ccccc32)c2cccc3oc4cc5ccccc5cc4c23)cc1. The van der Waals surface area contributed by atoms with Crippen molar-refractivity contribution in [2.45, 2.75) is 5.41 Å². The highest BCUT2D eigenvalue weighted by Crippen LogP contribution is 2.63. The van der Waals surface area contributed by atoms with Crippen molar-refractivity contribution < 1.29 is 4.42 Å². The van der Waals surface area contributed by atoms with Gasteiger partial charge >= 0.3 is 0 Å². The molecule has 0 atom stereocenters.